The number of halogens is 2. The standard InChI is InChI=1S/C14H13Cl2NO2S/c1-3-8-11(17)13(14(18)19-2)20-12(8)9-5-4-7(15)6-10(9)16/h4-6H,3,17H2,1-2H3. The third kappa shape index (κ3) is 2.64. The number of methoxy groups -OCH3 is 1. The van der Waals surface area contributed by atoms with E-state index < -0.39 is 5.97 Å². The molecular weight excluding hydrogens is 317 g/mol. The Morgan fingerprint density at radius 1 is 1.40 bits per heavy atom. The van der Waals surface area contributed by atoms with Crippen LogP contribution in [-0.2, 0) is 11.2 Å². The van der Waals surface area contributed by atoms with Crippen molar-refractivity contribution in [1.82, 2.24) is 0 Å². The summed E-state index contributed by atoms with van der Waals surface area (Å²) in [7, 11) is 1.34. The number of thiophene rings is 1. The van der Waals surface area contributed by atoms with Gasteiger partial charge in [0.15, 0.2) is 0 Å². The van der Waals surface area contributed by atoms with Crippen LogP contribution in [0.15, 0.2) is 18.2 Å². The first kappa shape index (κ1) is 15.2. The number of hydrogen-bond acceptors (Lipinski definition) is 4. The van der Waals surface area contributed by atoms with Crippen molar-refractivity contribution in [3.8, 4) is 10.4 Å². The fourth-order valence-electron chi connectivity index (χ4n) is 1.96. The SMILES string of the molecule is CCc1c(-c2ccc(Cl)cc2Cl)sc(C(=O)OC)c1N. The number of anilines is 1. The van der Waals surface area contributed by atoms with Crippen molar-refractivity contribution in [1.29, 1.82) is 0 Å². The van der Waals surface area contributed by atoms with Crippen LogP contribution in [0.5, 0.6) is 0 Å². The van der Waals surface area contributed by atoms with E-state index in [0.29, 0.717) is 27.0 Å². The van der Waals surface area contributed by atoms with Crippen molar-refractivity contribution in [3.05, 3.63) is 38.7 Å². The summed E-state index contributed by atoms with van der Waals surface area (Å²) in [5.74, 6) is -0.432. The van der Waals surface area contributed by atoms with E-state index in [1.54, 1.807) is 12.1 Å². The molecule has 0 radical (unpaired) electrons. The van der Waals surface area contributed by atoms with Gasteiger partial charge in [0, 0.05) is 15.5 Å². The fraction of sp³-hybridized carbons (Fsp3) is 0.214. The third-order valence-corrected chi connectivity index (χ3v) is 4.76. The minimum Gasteiger partial charge on any atom is -0.465 e. The van der Waals surface area contributed by atoms with E-state index in [1.165, 1.54) is 18.4 Å². The fourth-order valence-corrected chi connectivity index (χ4v) is 3.79. The number of benzene rings is 1. The van der Waals surface area contributed by atoms with Gasteiger partial charge >= 0.3 is 5.97 Å². The van der Waals surface area contributed by atoms with E-state index in [2.05, 4.69) is 0 Å². The van der Waals surface area contributed by atoms with Crippen LogP contribution in [0.25, 0.3) is 10.4 Å². The number of rotatable bonds is 3. The number of nitrogen functional groups attached to an aromatic ring is 1. The first-order valence-electron chi connectivity index (χ1n) is 5.94. The monoisotopic (exact) mass is 329 g/mol. The molecule has 0 spiro atoms. The van der Waals surface area contributed by atoms with Gasteiger partial charge in [-0.1, -0.05) is 36.2 Å². The molecule has 0 aliphatic heterocycles. The number of carbonyl (C=O) groups is 1. The lowest BCUT2D eigenvalue weighted by Gasteiger charge is -2.05. The summed E-state index contributed by atoms with van der Waals surface area (Å²) in [6.45, 7) is 1.98. The van der Waals surface area contributed by atoms with E-state index >= 15 is 0 Å². The molecule has 0 bridgehead atoms. The predicted octanol–water partition coefficient (Wildman–Crippen LogP) is 4.65. The number of carbonyl (C=O) groups excluding carboxylic acids is 1. The first-order chi connectivity index (χ1) is 9.49. The Morgan fingerprint density at radius 2 is 2.10 bits per heavy atom. The molecule has 106 valence electrons. The largest absolute Gasteiger partial charge is 0.465 e. The van der Waals surface area contributed by atoms with Crippen LogP contribution < -0.4 is 5.73 Å². The van der Waals surface area contributed by atoms with Crippen LogP contribution in [0.3, 0.4) is 0 Å². The molecule has 0 atom stereocenters. The molecule has 1 aromatic heterocycles. The van der Waals surface area contributed by atoms with Crippen molar-refractivity contribution >= 4 is 46.2 Å². The zero-order valence-electron chi connectivity index (χ0n) is 11.0. The van der Waals surface area contributed by atoms with Crippen LogP contribution >= 0.6 is 34.5 Å². The average molecular weight is 330 g/mol. The highest BCUT2D eigenvalue weighted by atomic mass is 35.5. The summed E-state index contributed by atoms with van der Waals surface area (Å²) in [6.07, 6.45) is 0.702. The topological polar surface area (TPSA) is 52.3 Å². The van der Waals surface area contributed by atoms with Gasteiger partial charge in [0.2, 0.25) is 0 Å². The number of hydrogen-bond donors (Lipinski definition) is 1. The second-order valence-electron chi connectivity index (χ2n) is 4.12. The van der Waals surface area contributed by atoms with Crippen LogP contribution in [0, 0.1) is 0 Å². The number of ether oxygens (including phenoxy) is 1. The Hall–Kier alpha value is -1.23. The molecule has 20 heavy (non-hydrogen) atoms. The summed E-state index contributed by atoms with van der Waals surface area (Å²) < 4.78 is 4.75. The van der Waals surface area contributed by atoms with E-state index in [1.807, 2.05) is 13.0 Å². The molecule has 1 heterocycles. The molecule has 0 aliphatic rings. The summed E-state index contributed by atoms with van der Waals surface area (Å²) in [5.41, 5.74) is 8.23. The zero-order chi connectivity index (χ0) is 14.9. The maximum Gasteiger partial charge on any atom is 0.350 e. The maximum absolute atomic E-state index is 11.7. The molecule has 0 unspecified atom stereocenters. The van der Waals surface area contributed by atoms with Crippen molar-refractivity contribution in [2.75, 3.05) is 12.8 Å². The Morgan fingerprint density at radius 3 is 2.65 bits per heavy atom. The molecule has 6 heteroatoms. The van der Waals surface area contributed by atoms with Crippen LogP contribution in [0.4, 0.5) is 5.69 Å². The lowest BCUT2D eigenvalue weighted by atomic mass is 10.1. The summed E-state index contributed by atoms with van der Waals surface area (Å²) in [4.78, 5) is 13.0. The normalized spacial score (nSPS) is 10.6. The minimum atomic E-state index is -0.432. The van der Waals surface area contributed by atoms with Gasteiger partial charge in [0.1, 0.15) is 4.88 Å². The van der Waals surface area contributed by atoms with Gasteiger partial charge in [-0.05, 0) is 24.1 Å². The van der Waals surface area contributed by atoms with Crippen LogP contribution in [0.1, 0.15) is 22.2 Å². The van der Waals surface area contributed by atoms with Gasteiger partial charge in [-0.15, -0.1) is 11.3 Å². The van der Waals surface area contributed by atoms with Crippen molar-refractivity contribution in [3.63, 3.8) is 0 Å². The van der Waals surface area contributed by atoms with Crippen LogP contribution in [0.2, 0.25) is 10.0 Å². The Labute approximate surface area is 131 Å². The predicted molar refractivity (Wildman–Crippen MR) is 84.9 cm³/mol. The maximum atomic E-state index is 11.7. The molecule has 2 aromatic rings. The van der Waals surface area contributed by atoms with Gasteiger partial charge in [0.05, 0.1) is 17.8 Å². The highest BCUT2D eigenvalue weighted by Crippen LogP contribution is 2.42. The molecule has 0 fully saturated rings. The smallest absolute Gasteiger partial charge is 0.350 e. The van der Waals surface area contributed by atoms with Crippen molar-refractivity contribution in [2.45, 2.75) is 13.3 Å². The molecule has 0 saturated heterocycles. The molecular formula is C14H13Cl2NO2S. The van der Waals surface area contributed by atoms with Gasteiger partial charge in [-0.2, -0.15) is 0 Å². The molecule has 2 N–H and O–H groups in total. The lowest BCUT2D eigenvalue weighted by Crippen LogP contribution is -2.02. The molecule has 0 saturated carbocycles. The first-order valence-corrected chi connectivity index (χ1v) is 7.51. The summed E-state index contributed by atoms with van der Waals surface area (Å²) in [5, 5.41) is 1.10. The number of esters is 1. The number of nitrogens with two attached hydrogens (primary N) is 1. The van der Waals surface area contributed by atoms with Gasteiger partial charge < -0.3 is 10.5 Å². The molecule has 0 aliphatic carbocycles. The van der Waals surface area contributed by atoms with Crippen molar-refractivity contribution in [2.24, 2.45) is 0 Å². The molecule has 3 nitrogen and oxygen atoms in total. The quantitative estimate of drug-likeness (QED) is 0.833. The molecule has 2 rings (SSSR count). The van der Waals surface area contributed by atoms with Crippen molar-refractivity contribution < 1.29 is 9.53 Å². The van der Waals surface area contributed by atoms with Gasteiger partial charge in [-0.25, -0.2) is 4.79 Å². The zero-order valence-corrected chi connectivity index (χ0v) is 13.3. The van der Waals surface area contributed by atoms with E-state index in [0.717, 1.165) is 16.0 Å². The molecule has 1 aromatic carbocycles. The van der Waals surface area contributed by atoms with Gasteiger partial charge in [-0.3, -0.25) is 0 Å². The highest BCUT2D eigenvalue weighted by Gasteiger charge is 2.22. The second-order valence-corrected chi connectivity index (χ2v) is 5.99. The van der Waals surface area contributed by atoms with Gasteiger partial charge in [0.25, 0.3) is 0 Å². The van der Waals surface area contributed by atoms with E-state index in [9.17, 15) is 4.79 Å². The highest BCUT2D eigenvalue weighted by molar-refractivity contribution is 7.18. The average Bonchev–Trinajstić information content (AvgIpc) is 2.74. The summed E-state index contributed by atoms with van der Waals surface area (Å²) in [6, 6.07) is 5.26. The minimum absolute atomic E-state index is 0.408. The third-order valence-electron chi connectivity index (χ3n) is 2.95. The van der Waals surface area contributed by atoms with Crippen LogP contribution in [-0.4, -0.2) is 13.1 Å². The Balaban J connectivity index is 2.64. The van der Waals surface area contributed by atoms with E-state index in [4.69, 9.17) is 33.7 Å². The Bertz CT molecular complexity index is 667. The Kier molecular flexibility index (Phi) is 4.58. The summed E-state index contributed by atoms with van der Waals surface area (Å²) >= 11 is 13.4. The molecule has 0 amide bonds. The second kappa shape index (κ2) is 6.04. The lowest BCUT2D eigenvalue weighted by molar-refractivity contribution is 0.0607. The van der Waals surface area contributed by atoms with E-state index in [-0.39, 0.29) is 0 Å².